The maximum Gasteiger partial charge on any atom is 0.227 e. The fourth-order valence-corrected chi connectivity index (χ4v) is 3.60. The molecule has 2 N–H and O–H groups in total. The molecule has 23 heavy (non-hydrogen) atoms. The number of benzene rings is 1. The molecule has 3 rings (SSSR count). The van der Waals surface area contributed by atoms with Crippen LogP contribution in [0.4, 0.5) is 0 Å². The van der Waals surface area contributed by atoms with Gasteiger partial charge in [0.2, 0.25) is 11.8 Å². The molecule has 5 nitrogen and oxygen atoms in total. The van der Waals surface area contributed by atoms with Crippen LogP contribution in [-0.2, 0) is 28.9 Å². The van der Waals surface area contributed by atoms with Crippen molar-refractivity contribution in [3.05, 3.63) is 34.9 Å². The van der Waals surface area contributed by atoms with Crippen LogP contribution < -0.4 is 5.73 Å². The Morgan fingerprint density at radius 1 is 1.17 bits per heavy atom. The molecule has 1 aromatic rings. The average Bonchev–Trinajstić information content (AvgIpc) is 2.87. The number of rotatable bonds is 3. The Morgan fingerprint density at radius 2 is 1.96 bits per heavy atom. The number of hydrogen-bond acceptors (Lipinski definition) is 3. The number of carbonyl (C=O) groups is 2. The van der Waals surface area contributed by atoms with Crippen molar-refractivity contribution in [3.63, 3.8) is 0 Å². The summed E-state index contributed by atoms with van der Waals surface area (Å²) in [6.45, 7) is 2.49. The fourth-order valence-electron chi connectivity index (χ4n) is 3.60. The Morgan fingerprint density at radius 3 is 2.74 bits per heavy atom. The number of primary amides is 1. The zero-order valence-corrected chi connectivity index (χ0v) is 13.8. The smallest absolute Gasteiger partial charge is 0.227 e. The number of nitrogens with zero attached hydrogens (tertiary/aromatic N) is 2. The molecule has 124 valence electrons. The van der Waals surface area contributed by atoms with Crippen LogP contribution in [0.1, 0.15) is 23.1 Å². The topological polar surface area (TPSA) is 66.6 Å². The van der Waals surface area contributed by atoms with E-state index in [-0.39, 0.29) is 17.7 Å². The van der Waals surface area contributed by atoms with Gasteiger partial charge in [0.1, 0.15) is 0 Å². The molecule has 1 saturated heterocycles. The second kappa shape index (κ2) is 6.71. The predicted octanol–water partition coefficient (Wildman–Crippen LogP) is 0.593. The molecule has 1 atom stereocenters. The quantitative estimate of drug-likeness (QED) is 0.888. The molecule has 1 aliphatic heterocycles. The summed E-state index contributed by atoms with van der Waals surface area (Å²) in [5.74, 6) is -0.523. The molecule has 0 unspecified atom stereocenters. The Hall–Kier alpha value is -1.88. The van der Waals surface area contributed by atoms with Gasteiger partial charge >= 0.3 is 0 Å². The van der Waals surface area contributed by atoms with Crippen molar-refractivity contribution in [3.8, 4) is 0 Å². The molecule has 0 saturated carbocycles. The normalized spacial score (nSPS) is 21.8. The lowest BCUT2D eigenvalue weighted by Gasteiger charge is -2.22. The van der Waals surface area contributed by atoms with Crippen LogP contribution in [-0.4, -0.2) is 54.8 Å². The van der Waals surface area contributed by atoms with Crippen molar-refractivity contribution in [2.75, 3.05) is 33.2 Å². The molecule has 1 heterocycles. The van der Waals surface area contributed by atoms with Gasteiger partial charge in [0.25, 0.3) is 0 Å². The van der Waals surface area contributed by atoms with Gasteiger partial charge in [-0.15, -0.1) is 0 Å². The van der Waals surface area contributed by atoms with Gasteiger partial charge in [-0.3, -0.25) is 9.59 Å². The number of aryl methyl sites for hydroxylation is 2. The third-order valence-corrected chi connectivity index (χ3v) is 5.00. The summed E-state index contributed by atoms with van der Waals surface area (Å²) in [5, 5.41) is 0. The Bertz CT molecular complexity index is 614. The molecule has 0 aromatic heterocycles. The fraction of sp³-hybridized carbons (Fsp3) is 0.556. The molecule has 0 bridgehead atoms. The SMILES string of the molecule is CN1CCN(C(=O)Cc2ccc3c(c2)CCC3)C[C@H](C(N)=O)C1. The third-order valence-electron chi connectivity index (χ3n) is 5.00. The highest BCUT2D eigenvalue weighted by atomic mass is 16.2. The number of hydrogen-bond donors (Lipinski definition) is 1. The van der Waals surface area contributed by atoms with Crippen LogP contribution >= 0.6 is 0 Å². The van der Waals surface area contributed by atoms with Crippen LogP contribution in [0.15, 0.2) is 18.2 Å². The molecular weight excluding hydrogens is 290 g/mol. The highest BCUT2D eigenvalue weighted by Gasteiger charge is 2.27. The number of carbonyl (C=O) groups excluding carboxylic acids is 2. The summed E-state index contributed by atoms with van der Waals surface area (Å²) in [7, 11) is 1.96. The summed E-state index contributed by atoms with van der Waals surface area (Å²) in [6, 6.07) is 6.40. The van der Waals surface area contributed by atoms with Gasteiger partial charge in [-0.1, -0.05) is 18.2 Å². The highest BCUT2D eigenvalue weighted by molar-refractivity contribution is 5.81. The maximum absolute atomic E-state index is 12.7. The first-order valence-electron chi connectivity index (χ1n) is 8.39. The monoisotopic (exact) mass is 315 g/mol. The van der Waals surface area contributed by atoms with Crippen molar-refractivity contribution < 1.29 is 9.59 Å². The van der Waals surface area contributed by atoms with Crippen molar-refractivity contribution in [1.29, 1.82) is 0 Å². The lowest BCUT2D eigenvalue weighted by molar-refractivity contribution is -0.131. The molecular formula is C18H25N3O2. The largest absolute Gasteiger partial charge is 0.369 e. The zero-order valence-electron chi connectivity index (χ0n) is 13.8. The molecule has 1 fully saturated rings. The van der Waals surface area contributed by atoms with Gasteiger partial charge in [-0.25, -0.2) is 0 Å². The molecule has 0 radical (unpaired) electrons. The van der Waals surface area contributed by atoms with E-state index in [9.17, 15) is 9.59 Å². The molecule has 2 amide bonds. The average molecular weight is 315 g/mol. The van der Waals surface area contributed by atoms with E-state index < -0.39 is 0 Å². The lowest BCUT2D eigenvalue weighted by Crippen LogP contribution is -2.40. The minimum absolute atomic E-state index is 0.0875. The first kappa shape index (κ1) is 16.0. The van der Waals surface area contributed by atoms with Crippen molar-refractivity contribution in [1.82, 2.24) is 9.80 Å². The van der Waals surface area contributed by atoms with Crippen molar-refractivity contribution in [2.45, 2.75) is 25.7 Å². The van der Waals surface area contributed by atoms with E-state index in [1.807, 2.05) is 7.05 Å². The first-order valence-corrected chi connectivity index (χ1v) is 8.39. The summed E-state index contributed by atoms with van der Waals surface area (Å²) in [6.07, 6.45) is 3.89. The van der Waals surface area contributed by atoms with E-state index in [0.717, 1.165) is 24.9 Å². The van der Waals surface area contributed by atoms with Gasteiger partial charge in [-0.2, -0.15) is 0 Å². The van der Waals surface area contributed by atoms with E-state index in [2.05, 4.69) is 23.1 Å². The number of fused-ring (bicyclic) bond motifs is 1. The molecule has 1 aromatic carbocycles. The van der Waals surface area contributed by atoms with Crippen LogP contribution in [0.3, 0.4) is 0 Å². The van der Waals surface area contributed by atoms with Gasteiger partial charge < -0.3 is 15.5 Å². The van der Waals surface area contributed by atoms with Crippen molar-refractivity contribution in [2.24, 2.45) is 11.7 Å². The number of likely N-dealkylation sites (N-methyl/N-ethyl adjacent to an activating group) is 1. The van der Waals surface area contributed by atoms with Gasteiger partial charge in [0.05, 0.1) is 12.3 Å². The minimum atomic E-state index is -0.325. The minimum Gasteiger partial charge on any atom is -0.369 e. The Labute approximate surface area is 137 Å². The van der Waals surface area contributed by atoms with Crippen molar-refractivity contribution >= 4 is 11.8 Å². The predicted molar refractivity (Wildman–Crippen MR) is 88.9 cm³/mol. The zero-order chi connectivity index (χ0) is 16.4. The molecule has 0 spiro atoms. The van der Waals surface area contributed by atoms with E-state index in [1.54, 1.807) is 4.90 Å². The number of nitrogens with two attached hydrogens (primary N) is 1. The van der Waals surface area contributed by atoms with Crippen LogP contribution in [0.25, 0.3) is 0 Å². The summed E-state index contributed by atoms with van der Waals surface area (Å²) in [5.41, 5.74) is 9.36. The second-order valence-corrected chi connectivity index (χ2v) is 6.83. The third kappa shape index (κ3) is 3.72. The van der Waals surface area contributed by atoms with Crippen LogP contribution in [0.5, 0.6) is 0 Å². The Kier molecular flexibility index (Phi) is 4.66. The molecule has 2 aliphatic rings. The van der Waals surface area contributed by atoms with Gasteiger partial charge in [0.15, 0.2) is 0 Å². The van der Waals surface area contributed by atoms with E-state index in [0.29, 0.717) is 26.1 Å². The summed E-state index contributed by atoms with van der Waals surface area (Å²) < 4.78 is 0. The second-order valence-electron chi connectivity index (χ2n) is 6.83. The Balaban J connectivity index is 1.68. The van der Waals surface area contributed by atoms with E-state index in [1.165, 1.54) is 17.5 Å². The highest BCUT2D eigenvalue weighted by Crippen LogP contribution is 2.23. The summed E-state index contributed by atoms with van der Waals surface area (Å²) in [4.78, 5) is 28.1. The molecule has 1 aliphatic carbocycles. The summed E-state index contributed by atoms with van der Waals surface area (Å²) >= 11 is 0. The maximum atomic E-state index is 12.7. The number of amides is 2. The molecule has 5 heteroatoms. The first-order chi connectivity index (χ1) is 11.0. The van der Waals surface area contributed by atoms with Gasteiger partial charge in [-0.05, 0) is 43.0 Å². The van der Waals surface area contributed by atoms with E-state index >= 15 is 0 Å². The lowest BCUT2D eigenvalue weighted by atomic mass is 10.0. The van der Waals surface area contributed by atoms with Crippen LogP contribution in [0.2, 0.25) is 0 Å². The van der Waals surface area contributed by atoms with Gasteiger partial charge in [0, 0.05) is 26.2 Å². The van der Waals surface area contributed by atoms with Crippen LogP contribution in [0, 0.1) is 5.92 Å². The van der Waals surface area contributed by atoms with E-state index in [4.69, 9.17) is 5.73 Å². The standard InChI is InChI=1S/C18H25N3O2/c1-20-7-8-21(12-16(11-20)18(19)23)17(22)10-13-5-6-14-3-2-4-15(14)9-13/h5-6,9,16H,2-4,7-8,10-12H2,1H3,(H2,19,23)/t16-/m1/s1.